The molecule has 3 aromatic rings. The van der Waals surface area contributed by atoms with E-state index < -0.39 is 11.6 Å². The summed E-state index contributed by atoms with van der Waals surface area (Å²) in [4.78, 5) is 0. The molecule has 1 aliphatic rings. The maximum Gasteiger partial charge on any atom is 0.151 e. The van der Waals surface area contributed by atoms with Crippen LogP contribution in [0.25, 0.3) is 5.69 Å². The molecular formula is C21H21F2N3O. The van der Waals surface area contributed by atoms with Gasteiger partial charge in [0.15, 0.2) is 5.82 Å². The first kappa shape index (κ1) is 17.7. The molecule has 27 heavy (non-hydrogen) atoms. The van der Waals surface area contributed by atoms with E-state index in [9.17, 15) is 8.78 Å². The molecule has 2 heterocycles. The molecule has 6 heteroatoms. The maximum absolute atomic E-state index is 14.2. The number of hydrogen-bond acceptors (Lipinski definition) is 3. The molecule has 4 nitrogen and oxygen atoms in total. The predicted octanol–water partition coefficient (Wildman–Crippen LogP) is 4.38. The van der Waals surface area contributed by atoms with Gasteiger partial charge >= 0.3 is 0 Å². The van der Waals surface area contributed by atoms with Crippen LogP contribution in [-0.2, 0) is 6.54 Å². The monoisotopic (exact) mass is 369 g/mol. The average molecular weight is 369 g/mol. The molecule has 1 aliphatic heterocycles. The summed E-state index contributed by atoms with van der Waals surface area (Å²) in [5.41, 5.74) is 4.08. The van der Waals surface area contributed by atoms with Crippen molar-refractivity contribution in [1.82, 2.24) is 15.1 Å². The highest BCUT2D eigenvalue weighted by molar-refractivity contribution is 5.40. The summed E-state index contributed by atoms with van der Waals surface area (Å²) >= 11 is 0. The zero-order valence-electron chi connectivity index (χ0n) is 15.3. The number of rotatable bonds is 4. The third-order valence-electron chi connectivity index (χ3n) is 5.06. The van der Waals surface area contributed by atoms with Crippen molar-refractivity contribution in [1.29, 1.82) is 0 Å². The van der Waals surface area contributed by atoms with Crippen LogP contribution in [0.5, 0.6) is 5.75 Å². The minimum atomic E-state index is -0.626. The zero-order chi connectivity index (χ0) is 19.0. The molecule has 1 unspecified atom stereocenters. The Bertz CT molecular complexity index is 984. The van der Waals surface area contributed by atoms with Crippen LogP contribution in [0.1, 0.15) is 35.0 Å². The molecule has 1 N–H and O–H groups in total. The van der Waals surface area contributed by atoms with Gasteiger partial charge in [0, 0.05) is 41.9 Å². The van der Waals surface area contributed by atoms with Crippen LogP contribution in [-0.4, -0.2) is 16.4 Å². The Morgan fingerprint density at radius 1 is 1.19 bits per heavy atom. The summed E-state index contributed by atoms with van der Waals surface area (Å²) in [5, 5.41) is 8.05. The van der Waals surface area contributed by atoms with Crippen LogP contribution in [0.2, 0.25) is 0 Å². The Balaban J connectivity index is 1.58. The molecule has 0 bridgehead atoms. The summed E-state index contributed by atoms with van der Waals surface area (Å²) in [5.74, 6) is -0.310. The van der Waals surface area contributed by atoms with Gasteiger partial charge in [-0.1, -0.05) is 18.2 Å². The van der Waals surface area contributed by atoms with Crippen LogP contribution in [0, 0.1) is 25.5 Å². The van der Waals surface area contributed by atoms with E-state index in [0.717, 1.165) is 40.8 Å². The summed E-state index contributed by atoms with van der Waals surface area (Å²) < 4.78 is 34.6. The fraction of sp³-hybridized carbons (Fsp3) is 0.286. The SMILES string of the molecule is Cc1nn(-c2ccc(F)cc2F)c(C)c1CNC1CCOc2ccccc21. The van der Waals surface area contributed by atoms with Crippen LogP contribution in [0.15, 0.2) is 42.5 Å². The molecule has 1 atom stereocenters. The van der Waals surface area contributed by atoms with E-state index in [2.05, 4.69) is 16.5 Å². The molecule has 0 saturated heterocycles. The molecule has 0 amide bonds. The Morgan fingerprint density at radius 3 is 2.81 bits per heavy atom. The van der Waals surface area contributed by atoms with Crippen LogP contribution < -0.4 is 10.1 Å². The Morgan fingerprint density at radius 2 is 2.00 bits per heavy atom. The molecule has 0 spiro atoms. The molecular weight excluding hydrogens is 348 g/mol. The second kappa shape index (κ2) is 7.12. The maximum atomic E-state index is 14.2. The summed E-state index contributed by atoms with van der Waals surface area (Å²) in [7, 11) is 0. The van der Waals surface area contributed by atoms with E-state index in [0.29, 0.717) is 13.2 Å². The average Bonchev–Trinajstić information content (AvgIpc) is 2.94. The highest BCUT2D eigenvalue weighted by Gasteiger charge is 2.22. The Hall–Kier alpha value is -2.73. The normalized spacial score (nSPS) is 16.1. The Labute approximate surface area is 156 Å². The number of benzene rings is 2. The second-order valence-electron chi connectivity index (χ2n) is 6.77. The van der Waals surface area contributed by atoms with Gasteiger partial charge < -0.3 is 10.1 Å². The van der Waals surface area contributed by atoms with Gasteiger partial charge in [-0.25, -0.2) is 13.5 Å². The fourth-order valence-corrected chi connectivity index (χ4v) is 3.60. The number of fused-ring (bicyclic) bond motifs is 1. The van der Waals surface area contributed by atoms with Crippen molar-refractivity contribution in [3.8, 4) is 11.4 Å². The van der Waals surface area contributed by atoms with Gasteiger partial charge in [-0.2, -0.15) is 5.10 Å². The number of halogens is 2. The van der Waals surface area contributed by atoms with Crippen molar-refractivity contribution < 1.29 is 13.5 Å². The van der Waals surface area contributed by atoms with E-state index >= 15 is 0 Å². The van der Waals surface area contributed by atoms with E-state index in [1.54, 1.807) is 4.68 Å². The topological polar surface area (TPSA) is 39.1 Å². The minimum absolute atomic E-state index is 0.194. The van der Waals surface area contributed by atoms with E-state index in [4.69, 9.17) is 4.74 Å². The third kappa shape index (κ3) is 3.32. The molecule has 2 aromatic carbocycles. The second-order valence-corrected chi connectivity index (χ2v) is 6.77. The Kier molecular flexibility index (Phi) is 4.66. The number of aryl methyl sites for hydroxylation is 1. The quantitative estimate of drug-likeness (QED) is 0.742. The largest absolute Gasteiger partial charge is 0.493 e. The highest BCUT2D eigenvalue weighted by Crippen LogP contribution is 2.32. The molecule has 0 radical (unpaired) electrons. The van der Waals surface area contributed by atoms with Gasteiger partial charge in [0.2, 0.25) is 0 Å². The molecule has 4 rings (SSSR count). The van der Waals surface area contributed by atoms with E-state index in [1.165, 1.54) is 12.1 Å². The lowest BCUT2D eigenvalue weighted by molar-refractivity contribution is 0.252. The van der Waals surface area contributed by atoms with Gasteiger partial charge in [0.05, 0.1) is 12.3 Å². The van der Waals surface area contributed by atoms with Crippen molar-refractivity contribution >= 4 is 0 Å². The lowest BCUT2D eigenvalue weighted by Gasteiger charge is -2.26. The molecule has 0 fully saturated rings. The summed E-state index contributed by atoms with van der Waals surface area (Å²) in [6.07, 6.45) is 0.885. The summed E-state index contributed by atoms with van der Waals surface area (Å²) in [6.45, 7) is 5.09. The summed E-state index contributed by atoms with van der Waals surface area (Å²) in [6, 6.07) is 11.8. The van der Waals surface area contributed by atoms with Gasteiger partial charge in [-0.3, -0.25) is 0 Å². The van der Waals surface area contributed by atoms with Crippen LogP contribution in [0.3, 0.4) is 0 Å². The molecule has 0 saturated carbocycles. The van der Waals surface area contributed by atoms with E-state index in [-0.39, 0.29) is 11.7 Å². The molecule has 140 valence electrons. The number of ether oxygens (including phenoxy) is 1. The standard InChI is InChI=1S/C21H21F2N3O/c1-13-17(12-24-19-9-10-27-21-6-4-3-5-16(19)21)14(2)26(25-13)20-8-7-15(22)11-18(20)23/h3-8,11,19,24H,9-10,12H2,1-2H3. The van der Waals surface area contributed by atoms with Gasteiger partial charge in [-0.05, 0) is 32.0 Å². The number of nitrogens with one attached hydrogen (secondary N) is 1. The van der Waals surface area contributed by atoms with Gasteiger partial charge in [-0.15, -0.1) is 0 Å². The smallest absolute Gasteiger partial charge is 0.151 e. The van der Waals surface area contributed by atoms with Gasteiger partial charge in [0.1, 0.15) is 17.3 Å². The predicted molar refractivity (Wildman–Crippen MR) is 99.1 cm³/mol. The third-order valence-corrected chi connectivity index (χ3v) is 5.06. The molecule has 0 aliphatic carbocycles. The number of hydrogen-bond donors (Lipinski definition) is 1. The zero-order valence-corrected chi connectivity index (χ0v) is 15.3. The van der Waals surface area contributed by atoms with Crippen molar-refractivity contribution in [3.05, 3.63) is 76.6 Å². The van der Waals surface area contributed by atoms with Crippen molar-refractivity contribution in [3.63, 3.8) is 0 Å². The first-order chi connectivity index (χ1) is 13.0. The molecule has 1 aromatic heterocycles. The number of nitrogens with zero attached hydrogens (tertiary/aromatic N) is 2. The lowest BCUT2D eigenvalue weighted by atomic mass is 10.00. The minimum Gasteiger partial charge on any atom is -0.493 e. The number of para-hydroxylation sites is 1. The number of aromatic nitrogens is 2. The van der Waals surface area contributed by atoms with Gasteiger partial charge in [0.25, 0.3) is 0 Å². The van der Waals surface area contributed by atoms with Crippen molar-refractivity contribution in [2.75, 3.05) is 6.61 Å². The first-order valence-electron chi connectivity index (χ1n) is 9.00. The van der Waals surface area contributed by atoms with Crippen LogP contribution in [0.4, 0.5) is 8.78 Å². The van der Waals surface area contributed by atoms with Crippen LogP contribution >= 0.6 is 0 Å². The van der Waals surface area contributed by atoms with Crippen molar-refractivity contribution in [2.45, 2.75) is 32.9 Å². The highest BCUT2D eigenvalue weighted by atomic mass is 19.1. The van der Waals surface area contributed by atoms with Crippen molar-refractivity contribution in [2.24, 2.45) is 0 Å². The first-order valence-corrected chi connectivity index (χ1v) is 9.00. The lowest BCUT2D eigenvalue weighted by Crippen LogP contribution is -2.27. The van der Waals surface area contributed by atoms with E-state index in [1.807, 2.05) is 32.0 Å². The fourth-order valence-electron chi connectivity index (χ4n) is 3.60.